The lowest BCUT2D eigenvalue weighted by molar-refractivity contribution is 0.109. The van der Waals surface area contributed by atoms with E-state index in [0.29, 0.717) is 12.6 Å². The van der Waals surface area contributed by atoms with Crippen LogP contribution in [0.15, 0.2) is 24.3 Å². The lowest BCUT2D eigenvalue weighted by Crippen LogP contribution is -2.53. The van der Waals surface area contributed by atoms with Gasteiger partial charge in [0.1, 0.15) is 12.4 Å². The summed E-state index contributed by atoms with van der Waals surface area (Å²) in [5.74, 6) is 0.857. The van der Waals surface area contributed by atoms with E-state index in [4.69, 9.17) is 4.74 Å². The van der Waals surface area contributed by atoms with Gasteiger partial charge in [-0.05, 0) is 37.5 Å². The zero-order valence-corrected chi connectivity index (χ0v) is 13.3. The summed E-state index contributed by atoms with van der Waals surface area (Å²) in [6.07, 6.45) is 3.56. The number of nitrogens with one attached hydrogen (secondary N) is 1. The molecule has 0 heterocycles. The molecule has 0 amide bonds. The highest BCUT2D eigenvalue weighted by atomic mass is 16.5. The molecule has 1 rings (SSSR count). The van der Waals surface area contributed by atoms with Crippen LogP contribution >= 0.6 is 0 Å². The molecule has 0 aromatic heterocycles. The van der Waals surface area contributed by atoms with Crippen LogP contribution in [-0.4, -0.2) is 29.9 Å². The van der Waals surface area contributed by atoms with Crippen molar-refractivity contribution >= 4 is 0 Å². The fourth-order valence-corrected chi connectivity index (χ4v) is 2.21. The molecule has 0 saturated carbocycles. The molecule has 0 spiro atoms. The standard InChI is InChI=1S/C17H29NO2/c1-5-6-7-15-8-10-16(11-9-15)20-13-17(4,12-19)18-14(2)3/h8-11,14,18-19H,5-7,12-13H2,1-4H3. The summed E-state index contributed by atoms with van der Waals surface area (Å²) < 4.78 is 5.80. The number of rotatable bonds is 9. The van der Waals surface area contributed by atoms with Gasteiger partial charge in [-0.3, -0.25) is 0 Å². The maximum Gasteiger partial charge on any atom is 0.119 e. The summed E-state index contributed by atoms with van der Waals surface area (Å²) >= 11 is 0. The van der Waals surface area contributed by atoms with Gasteiger partial charge >= 0.3 is 0 Å². The summed E-state index contributed by atoms with van der Waals surface area (Å²) in [6, 6.07) is 8.58. The summed E-state index contributed by atoms with van der Waals surface area (Å²) in [6.45, 7) is 8.82. The summed E-state index contributed by atoms with van der Waals surface area (Å²) in [7, 11) is 0. The number of hydrogen-bond acceptors (Lipinski definition) is 3. The molecule has 0 saturated heterocycles. The van der Waals surface area contributed by atoms with E-state index in [1.54, 1.807) is 0 Å². The number of aryl methyl sites for hydroxylation is 1. The van der Waals surface area contributed by atoms with Gasteiger partial charge in [-0.2, -0.15) is 0 Å². The molecule has 1 aromatic rings. The summed E-state index contributed by atoms with van der Waals surface area (Å²) in [4.78, 5) is 0. The second-order valence-corrected chi connectivity index (χ2v) is 6.05. The Kier molecular flexibility index (Phi) is 7.03. The first kappa shape index (κ1) is 17.0. The Morgan fingerprint density at radius 2 is 1.90 bits per heavy atom. The molecule has 1 atom stereocenters. The van der Waals surface area contributed by atoms with Gasteiger partial charge in [0.05, 0.1) is 12.1 Å². The second kappa shape index (κ2) is 8.28. The Labute approximate surface area is 123 Å². The van der Waals surface area contributed by atoms with Crippen molar-refractivity contribution in [1.82, 2.24) is 5.32 Å². The lowest BCUT2D eigenvalue weighted by atomic mass is 10.0. The van der Waals surface area contributed by atoms with Gasteiger partial charge in [0, 0.05) is 6.04 Å². The van der Waals surface area contributed by atoms with Gasteiger partial charge in [-0.15, -0.1) is 0 Å². The Morgan fingerprint density at radius 3 is 2.40 bits per heavy atom. The average molecular weight is 279 g/mol. The monoisotopic (exact) mass is 279 g/mol. The SMILES string of the molecule is CCCCc1ccc(OCC(C)(CO)NC(C)C)cc1. The van der Waals surface area contributed by atoms with Crippen LogP contribution in [-0.2, 0) is 6.42 Å². The third-order valence-corrected chi connectivity index (χ3v) is 3.29. The van der Waals surface area contributed by atoms with E-state index in [0.717, 1.165) is 12.2 Å². The van der Waals surface area contributed by atoms with Crippen LogP contribution in [0.3, 0.4) is 0 Å². The molecular weight excluding hydrogens is 250 g/mol. The fourth-order valence-electron chi connectivity index (χ4n) is 2.21. The molecule has 2 N–H and O–H groups in total. The van der Waals surface area contributed by atoms with Gasteiger partial charge in [-0.1, -0.05) is 39.3 Å². The first-order chi connectivity index (χ1) is 9.49. The molecule has 0 radical (unpaired) electrons. The summed E-state index contributed by atoms with van der Waals surface area (Å²) in [5, 5.41) is 12.9. The Hall–Kier alpha value is -1.06. The molecule has 0 aliphatic rings. The van der Waals surface area contributed by atoms with E-state index >= 15 is 0 Å². The molecule has 3 heteroatoms. The van der Waals surface area contributed by atoms with E-state index in [1.807, 2.05) is 19.1 Å². The minimum absolute atomic E-state index is 0.0553. The van der Waals surface area contributed by atoms with Crippen molar-refractivity contribution in [2.45, 2.75) is 58.5 Å². The van der Waals surface area contributed by atoms with Crippen LogP contribution in [0, 0.1) is 0 Å². The third-order valence-electron chi connectivity index (χ3n) is 3.29. The normalized spacial score (nSPS) is 14.3. The van der Waals surface area contributed by atoms with Gasteiger partial charge in [0.2, 0.25) is 0 Å². The van der Waals surface area contributed by atoms with Crippen LogP contribution in [0.4, 0.5) is 0 Å². The third kappa shape index (κ3) is 5.93. The highest BCUT2D eigenvalue weighted by Gasteiger charge is 2.24. The van der Waals surface area contributed by atoms with Crippen molar-refractivity contribution in [1.29, 1.82) is 0 Å². The minimum atomic E-state index is -0.408. The zero-order valence-electron chi connectivity index (χ0n) is 13.3. The van der Waals surface area contributed by atoms with Crippen molar-refractivity contribution in [2.24, 2.45) is 0 Å². The molecule has 0 aliphatic carbocycles. The zero-order chi connectivity index (χ0) is 15.0. The van der Waals surface area contributed by atoms with Crippen molar-refractivity contribution in [2.75, 3.05) is 13.2 Å². The number of hydrogen-bond donors (Lipinski definition) is 2. The quantitative estimate of drug-likeness (QED) is 0.729. The molecule has 1 unspecified atom stereocenters. The first-order valence-electron chi connectivity index (χ1n) is 7.59. The van der Waals surface area contributed by atoms with Gasteiger partial charge in [-0.25, -0.2) is 0 Å². The first-order valence-corrected chi connectivity index (χ1v) is 7.59. The molecule has 114 valence electrons. The Morgan fingerprint density at radius 1 is 1.25 bits per heavy atom. The van der Waals surface area contributed by atoms with Gasteiger partial charge in [0.15, 0.2) is 0 Å². The van der Waals surface area contributed by atoms with Crippen LogP contribution in [0.25, 0.3) is 0 Å². The van der Waals surface area contributed by atoms with Crippen LogP contribution in [0.2, 0.25) is 0 Å². The smallest absolute Gasteiger partial charge is 0.119 e. The number of benzene rings is 1. The predicted octanol–water partition coefficient (Wildman–Crippen LogP) is 3.16. The van der Waals surface area contributed by atoms with Crippen LogP contribution in [0.5, 0.6) is 5.75 Å². The Bertz CT molecular complexity index is 375. The fraction of sp³-hybridized carbons (Fsp3) is 0.647. The number of aliphatic hydroxyl groups excluding tert-OH is 1. The maximum atomic E-state index is 9.51. The molecule has 0 fully saturated rings. The van der Waals surface area contributed by atoms with E-state index < -0.39 is 5.54 Å². The topological polar surface area (TPSA) is 41.5 Å². The number of ether oxygens (including phenoxy) is 1. The lowest BCUT2D eigenvalue weighted by Gasteiger charge is -2.30. The van der Waals surface area contributed by atoms with Crippen molar-refractivity contribution in [3.8, 4) is 5.75 Å². The Balaban J connectivity index is 2.51. The maximum absolute atomic E-state index is 9.51. The highest BCUT2D eigenvalue weighted by molar-refractivity contribution is 5.27. The molecule has 0 aliphatic heterocycles. The largest absolute Gasteiger partial charge is 0.492 e. The van der Waals surface area contributed by atoms with Gasteiger partial charge < -0.3 is 15.2 Å². The van der Waals surface area contributed by atoms with Crippen molar-refractivity contribution in [3.05, 3.63) is 29.8 Å². The van der Waals surface area contributed by atoms with E-state index in [9.17, 15) is 5.11 Å². The minimum Gasteiger partial charge on any atom is -0.492 e. The number of aliphatic hydroxyl groups is 1. The van der Waals surface area contributed by atoms with Crippen LogP contribution < -0.4 is 10.1 Å². The van der Waals surface area contributed by atoms with Crippen LogP contribution in [0.1, 0.15) is 46.1 Å². The summed E-state index contributed by atoms with van der Waals surface area (Å²) in [5.41, 5.74) is 0.944. The molecule has 1 aromatic carbocycles. The average Bonchev–Trinajstić information content (AvgIpc) is 2.43. The molecule has 0 bridgehead atoms. The molecule has 3 nitrogen and oxygen atoms in total. The second-order valence-electron chi connectivity index (χ2n) is 6.05. The van der Waals surface area contributed by atoms with E-state index in [-0.39, 0.29) is 6.61 Å². The van der Waals surface area contributed by atoms with Crippen molar-refractivity contribution in [3.63, 3.8) is 0 Å². The van der Waals surface area contributed by atoms with E-state index in [2.05, 4.69) is 38.2 Å². The van der Waals surface area contributed by atoms with Gasteiger partial charge in [0.25, 0.3) is 0 Å². The molecule has 20 heavy (non-hydrogen) atoms. The number of unbranched alkanes of at least 4 members (excludes halogenated alkanes) is 1. The predicted molar refractivity (Wildman–Crippen MR) is 84.3 cm³/mol. The van der Waals surface area contributed by atoms with E-state index in [1.165, 1.54) is 18.4 Å². The van der Waals surface area contributed by atoms with Crippen molar-refractivity contribution < 1.29 is 9.84 Å². The molecular formula is C17H29NO2. The highest BCUT2D eigenvalue weighted by Crippen LogP contribution is 2.16.